The van der Waals surface area contributed by atoms with E-state index in [4.69, 9.17) is 21.6 Å². The first kappa shape index (κ1) is 14.6. The molecule has 7 heteroatoms. The molecule has 0 aromatic heterocycles. The summed E-state index contributed by atoms with van der Waals surface area (Å²) in [6, 6.07) is 9.39. The van der Waals surface area contributed by atoms with Crippen molar-refractivity contribution in [3.05, 3.63) is 35.9 Å². The molecule has 2 aliphatic rings. The molecule has 2 N–H and O–H groups in total. The van der Waals surface area contributed by atoms with Crippen LogP contribution in [0.15, 0.2) is 30.3 Å². The number of benzene rings is 1. The maximum Gasteiger partial charge on any atom is 0.344 e. The van der Waals surface area contributed by atoms with Gasteiger partial charge in [0.1, 0.15) is 12.1 Å². The Kier molecular flexibility index (Phi) is 4.30. The smallest absolute Gasteiger partial charge is 0.315 e. The third-order valence-corrected chi connectivity index (χ3v) is 4.43. The minimum absolute atomic E-state index is 0.0556. The molecule has 0 spiro atoms. The first-order valence-corrected chi connectivity index (χ1v) is 7.44. The summed E-state index contributed by atoms with van der Waals surface area (Å²) in [5.41, 5.74) is 2.38. The van der Waals surface area contributed by atoms with Crippen molar-refractivity contribution in [2.24, 2.45) is 0 Å². The fraction of sp³-hybridized carbons (Fsp3) is 0.500. The van der Waals surface area contributed by atoms with E-state index in [0.717, 1.165) is 18.4 Å². The van der Waals surface area contributed by atoms with Crippen molar-refractivity contribution in [3.8, 4) is 0 Å². The average Bonchev–Trinajstić information content (AvgIpc) is 2.77. The van der Waals surface area contributed by atoms with Gasteiger partial charge in [0.15, 0.2) is 0 Å². The predicted molar refractivity (Wildman–Crippen MR) is 76.5 cm³/mol. The summed E-state index contributed by atoms with van der Waals surface area (Å²) in [6.45, 7) is 0.952. The Morgan fingerprint density at radius 2 is 2.14 bits per heavy atom. The number of hydrogen-bond acceptors (Lipinski definition) is 4. The van der Waals surface area contributed by atoms with E-state index < -0.39 is 5.50 Å². The lowest BCUT2D eigenvalue weighted by Crippen LogP contribution is -2.49. The summed E-state index contributed by atoms with van der Waals surface area (Å²) in [7, 11) is 0. The molecular weight excluding hydrogens is 294 g/mol. The number of hydrogen-bond donors (Lipinski definition) is 2. The molecule has 0 saturated carbocycles. The molecule has 2 heterocycles. The predicted octanol–water partition coefficient (Wildman–Crippen LogP) is 1.93. The van der Waals surface area contributed by atoms with Crippen molar-refractivity contribution in [3.63, 3.8) is 0 Å². The number of nitrogens with one attached hydrogen (secondary N) is 1. The number of amides is 2. The minimum Gasteiger partial charge on any atom is -0.315 e. The van der Waals surface area contributed by atoms with Crippen LogP contribution in [0.1, 0.15) is 18.4 Å². The number of fused-ring (bicyclic) bond motifs is 2. The van der Waals surface area contributed by atoms with E-state index in [-0.39, 0.29) is 18.1 Å². The molecule has 1 aromatic rings. The lowest BCUT2D eigenvalue weighted by molar-refractivity contribution is -0.140. The Bertz CT molecular complexity index is 501. The number of rotatable bonds is 5. The SMILES string of the molecule is O=C1N2CC(CCC2C(Cl)NO)N1OCc1ccccc1. The zero-order valence-corrected chi connectivity index (χ0v) is 12.2. The highest BCUT2D eigenvalue weighted by Crippen LogP contribution is 2.32. The number of carbonyl (C=O) groups is 1. The van der Waals surface area contributed by atoms with Gasteiger partial charge in [0.25, 0.3) is 0 Å². The van der Waals surface area contributed by atoms with E-state index in [2.05, 4.69) is 0 Å². The number of hydroxylamine groups is 3. The second kappa shape index (κ2) is 6.19. The second-order valence-corrected chi connectivity index (χ2v) is 5.82. The van der Waals surface area contributed by atoms with Gasteiger partial charge in [0.05, 0.1) is 12.1 Å². The number of piperidine rings is 1. The van der Waals surface area contributed by atoms with Crippen LogP contribution in [-0.2, 0) is 11.4 Å². The third kappa shape index (κ3) is 2.85. The van der Waals surface area contributed by atoms with E-state index in [1.54, 1.807) is 4.90 Å². The number of halogens is 1. The summed E-state index contributed by atoms with van der Waals surface area (Å²) >= 11 is 6.01. The monoisotopic (exact) mass is 311 g/mol. The zero-order valence-electron chi connectivity index (χ0n) is 11.5. The highest BCUT2D eigenvalue weighted by molar-refractivity contribution is 6.20. The zero-order chi connectivity index (χ0) is 14.8. The molecule has 2 bridgehead atoms. The maximum absolute atomic E-state index is 12.4. The van der Waals surface area contributed by atoms with E-state index in [9.17, 15) is 4.79 Å². The van der Waals surface area contributed by atoms with Gasteiger partial charge in [-0.25, -0.2) is 4.79 Å². The summed E-state index contributed by atoms with van der Waals surface area (Å²) < 4.78 is 0. The van der Waals surface area contributed by atoms with Crippen LogP contribution in [0.5, 0.6) is 0 Å². The minimum atomic E-state index is -0.663. The topological polar surface area (TPSA) is 65.0 Å². The van der Waals surface area contributed by atoms with E-state index in [1.165, 1.54) is 5.06 Å². The van der Waals surface area contributed by atoms with Crippen LogP contribution in [0.2, 0.25) is 0 Å². The molecule has 2 amide bonds. The lowest BCUT2D eigenvalue weighted by atomic mass is 10.0. The Morgan fingerprint density at radius 1 is 1.38 bits per heavy atom. The van der Waals surface area contributed by atoms with Gasteiger partial charge in [-0.05, 0) is 18.4 Å². The largest absolute Gasteiger partial charge is 0.344 e. The Hall–Kier alpha value is -1.34. The molecule has 21 heavy (non-hydrogen) atoms. The van der Waals surface area contributed by atoms with Gasteiger partial charge in [-0.2, -0.15) is 10.5 Å². The van der Waals surface area contributed by atoms with Crippen LogP contribution < -0.4 is 5.48 Å². The van der Waals surface area contributed by atoms with Crippen molar-refractivity contribution in [1.29, 1.82) is 0 Å². The first-order valence-electron chi connectivity index (χ1n) is 7.01. The van der Waals surface area contributed by atoms with Gasteiger partial charge < -0.3 is 10.1 Å². The highest BCUT2D eigenvalue weighted by Gasteiger charge is 2.47. The molecular formula is C14H18ClN3O3. The molecule has 2 saturated heterocycles. The molecule has 6 nitrogen and oxygen atoms in total. The van der Waals surface area contributed by atoms with Gasteiger partial charge in [0.2, 0.25) is 0 Å². The summed E-state index contributed by atoms with van der Waals surface area (Å²) in [4.78, 5) is 19.8. The molecule has 1 aromatic carbocycles. The number of nitrogens with zero attached hydrogens (tertiary/aromatic N) is 2. The quantitative estimate of drug-likeness (QED) is 0.495. The Labute approximate surface area is 128 Å². The second-order valence-electron chi connectivity index (χ2n) is 5.35. The van der Waals surface area contributed by atoms with Crippen molar-refractivity contribution < 1.29 is 14.8 Å². The van der Waals surface area contributed by atoms with E-state index >= 15 is 0 Å². The van der Waals surface area contributed by atoms with Crippen molar-refractivity contribution in [2.75, 3.05) is 6.54 Å². The van der Waals surface area contributed by atoms with Crippen molar-refractivity contribution in [2.45, 2.75) is 37.0 Å². The van der Waals surface area contributed by atoms with Crippen LogP contribution >= 0.6 is 11.6 Å². The summed E-state index contributed by atoms with van der Waals surface area (Å²) in [5, 5.41) is 10.4. The molecule has 3 unspecified atom stereocenters. The fourth-order valence-electron chi connectivity index (χ4n) is 2.94. The molecule has 2 aliphatic heterocycles. The normalized spacial score (nSPS) is 26.3. The molecule has 3 rings (SSSR count). The van der Waals surface area contributed by atoms with Crippen LogP contribution in [0.4, 0.5) is 4.79 Å². The molecule has 0 radical (unpaired) electrons. The summed E-state index contributed by atoms with van der Waals surface area (Å²) in [6.07, 6.45) is 1.55. The molecule has 3 atom stereocenters. The van der Waals surface area contributed by atoms with Gasteiger partial charge in [-0.15, -0.1) is 11.6 Å². The fourth-order valence-corrected chi connectivity index (χ4v) is 3.20. The van der Waals surface area contributed by atoms with Crippen LogP contribution in [0.3, 0.4) is 0 Å². The van der Waals surface area contributed by atoms with Gasteiger partial charge in [0, 0.05) is 6.54 Å². The maximum atomic E-state index is 12.4. The lowest BCUT2D eigenvalue weighted by Gasteiger charge is -2.32. The standard InChI is InChI=1S/C14H18ClN3O3/c15-13(16-20)12-7-6-11-8-17(12)14(19)18(11)21-9-10-4-2-1-3-5-10/h1-5,11-13,16,20H,6-9H2. The van der Waals surface area contributed by atoms with Gasteiger partial charge in [-0.3, -0.25) is 4.84 Å². The van der Waals surface area contributed by atoms with Crippen LogP contribution in [0, 0.1) is 0 Å². The Balaban J connectivity index is 1.64. The highest BCUT2D eigenvalue weighted by atomic mass is 35.5. The third-order valence-electron chi connectivity index (χ3n) is 4.04. The van der Waals surface area contributed by atoms with Crippen molar-refractivity contribution >= 4 is 17.6 Å². The molecule has 2 fully saturated rings. The van der Waals surface area contributed by atoms with Gasteiger partial charge in [-0.1, -0.05) is 30.3 Å². The number of carbonyl (C=O) groups excluding carboxylic acids is 1. The average molecular weight is 312 g/mol. The van der Waals surface area contributed by atoms with Gasteiger partial charge >= 0.3 is 6.03 Å². The molecule has 0 aliphatic carbocycles. The summed E-state index contributed by atoms with van der Waals surface area (Å²) in [5.74, 6) is 0. The van der Waals surface area contributed by atoms with E-state index in [0.29, 0.717) is 13.2 Å². The van der Waals surface area contributed by atoms with E-state index in [1.807, 2.05) is 35.8 Å². The number of alkyl halides is 1. The van der Waals surface area contributed by atoms with Crippen LogP contribution in [-0.4, -0.2) is 45.3 Å². The Morgan fingerprint density at radius 3 is 2.86 bits per heavy atom. The van der Waals surface area contributed by atoms with Crippen LogP contribution in [0.25, 0.3) is 0 Å². The number of urea groups is 1. The van der Waals surface area contributed by atoms with Crippen molar-refractivity contribution in [1.82, 2.24) is 15.4 Å². The first-order chi connectivity index (χ1) is 10.2. The molecule has 114 valence electrons.